The molecule has 1 N–H and O–H groups in total. The van der Waals surface area contributed by atoms with E-state index in [0.29, 0.717) is 31.9 Å². The normalized spacial score (nSPS) is 18.4. The number of nitrogens with zero attached hydrogens (tertiary/aromatic N) is 6. The van der Waals surface area contributed by atoms with Crippen molar-refractivity contribution in [3.63, 3.8) is 0 Å². The van der Waals surface area contributed by atoms with E-state index in [1.54, 1.807) is 26.9 Å². The molecule has 132 valence electrons. The highest BCUT2D eigenvalue weighted by Gasteiger charge is 2.35. The highest BCUT2D eigenvalue weighted by Crippen LogP contribution is 2.32. The molecule has 2 aliphatic heterocycles. The van der Waals surface area contributed by atoms with Gasteiger partial charge in [-0.25, -0.2) is 14.8 Å². The third kappa shape index (κ3) is 2.85. The van der Waals surface area contributed by atoms with E-state index in [1.165, 1.54) is 0 Å². The van der Waals surface area contributed by atoms with Crippen LogP contribution in [0.2, 0.25) is 0 Å². The number of rotatable bonds is 3. The summed E-state index contributed by atoms with van der Waals surface area (Å²) < 4.78 is 39.9. The van der Waals surface area contributed by atoms with Crippen LogP contribution in [-0.4, -0.2) is 52.0 Å². The lowest BCUT2D eigenvalue weighted by Gasteiger charge is -2.40. The summed E-state index contributed by atoms with van der Waals surface area (Å²) in [5, 5.41) is 6.97. The molecule has 2 fully saturated rings. The molecule has 8 nitrogen and oxygen atoms in total. The van der Waals surface area contributed by atoms with Crippen LogP contribution in [0.25, 0.3) is 0 Å². The Morgan fingerprint density at radius 2 is 2.04 bits per heavy atom. The molecule has 4 heterocycles. The second kappa shape index (κ2) is 5.60. The first-order valence-corrected chi connectivity index (χ1v) is 7.65. The number of hydrogen-bond donors (Lipinski definition) is 1. The Morgan fingerprint density at radius 1 is 1.24 bits per heavy atom. The van der Waals surface area contributed by atoms with Gasteiger partial charge in [-0.05, 0) is 0 Å². The molecule has 2 saturated heterocycles. The molecule has 0 atom stereocenters. The van der Waals surface area contributed by atoms with Gasteiger partial charge in [0.2, 0.25) is 0 Å². The number of amides is 2. The van der Waals surface area contributed by atoms with Crippen LogP contribution in [0.1, 0.15) is 11.7 Å². The first kappa shape index (κ1) is 15.7. The van der Waals surface area contributed by atoms with Crippen LogP contribution >= 0.6 is 0 Å². The minimum atomic E-state index is -4.49. The molecule has 0 unspecified atom stereocenters. The van der Waals surface area contributed by atoms with E-state index in [2.05, 4.69) is 20.4 Å². The minimum Gasteiger partial charge on any atom is -0.352 e. The largest absolute Gasteiger partial charge is 0.433 e. The summed E-state index contributed by atoms with van der Waals surface area (Å²) in [5.74, 6) is 0.241. The highest BCUT2D eigenvalue weighted by atomic mass is 19.4. The number of anilines is 2. The van der Waals surface area contributed by atoms with Crippen LogP contribution in [0, 0.1) is 0 Å². The maximum absolute atomic E-state index is 12.7. The number of urea groups is 1. The molecule has 0 saturated carbocycles. The van der Waals surface area contributed by atoms with Gasteiger partial charge in [-0.2, -0.15) is 18.3 Å². The fourth-order valence-corrected chi connectivity index (χ4v) is 2.87. The quantitative estimate of drug-likeness (QED) is 0.899. The lowest BCUT2D eigenvalue weighted by Crippen LogP contribution is -2.48. The van der Waals surface area contributed by atoms with Crippen molar-refractivity contribution in [2.24, 2.45) is 0 Å². The standard InChI is InChI=1S/C14H14F3N7O/c15-14(16,17)11-3-12(20-8-19-11)22-5-10(6-22)24-7-9(4-21-24)23-2-1-18-13(23)25/h3-4,7-8,10H,1-2,5-6H2,(H,18,25). The number of hydrogen-bond acceptors (Lipinski definition) is 5. The number of nitrogens with one attached hydrogen (secondary N) is 1. The van der Waals surface area contributed by atoms with E-state index in [9.17, 15) is 18.0 Å². The highest BCUT2D eigenvalue weighted by molar-refractivity contribution is 5.93. The molecule has 2 amide bonds. The average molecular weight is 353 g/mol. The molecule has 4 rings (SSSR count). The zero-order chi connectivity index (χ0) is 17.6. The predicted octanol–water partition coefficient (Wildman–Crippen LogP) is 1.28. The summed E-state index contributed by atoms with van der Waals surface area (Å²) in [6.45, 7) is 2.15. The van der Waals surface area contributed by atoms with Crippen molar-refractivity contribution < 1.29 is 18.0 Å². The van der Waals surface area contributed by atoms with E-state index in [4.69, 9.17) is 0 Å². The van der Waals surface area contributed by atoms with E-state index >= 15 is 0 Å². The summed E-state index contributed by atoms with van der Waals surface area (Å²) in [5.41, 5.74) is -0.253. The number of aromatic nitrogens is 4. The van der Waals surface area contributed by atoms with Crippen LogP contribution in [0.5, 0.6) is 0 Å². The number of carbonyl (C=O) groups excluding carboxylic acids is 1. The molecule has 25 heavy (non-hydrogen) atoms. The molecule has 0 bridgehead atoms. The van der Waals surface area contributed by atoms with Crippen LogP contribution in [-0.2, 0) is 6.18 Å². The van der Waals surface area contributed by atoms with E-state index in [0.717, 1.165) is 12.4 Å². The number of halogens is 3. The van der Waals surface area contributed by atoms with Crippen molar-refractivity contribution in [3.05, 3.63) is 30.5 Å². The SMILES string of the molecule is O=C1NCCN1c1cnn(C2CN(c3cc(C(F)(F)F)ncn3)C2)c1. The van der Waals surface area contributed by atoms with E-state index < -0.39 is 11.9 Å². The number of alkyl halides is 3. The lowest BCUT2D eigenvalue weighted by molar-refractivity contribution is -0.141. The van der Waals surface area contributed by atoms with Crippen molar-refractivity contribution in [1.29, 1.82) is 0 Å². The summed E-state index contributed by atoms with van der Waals surface area (Å²) in [7, 11) is 0. The summed E-state index contributed by atoms with van der Waals surface area (Å²) in [6.07, 6.45) is -0.188. The van der Waals surface area contributed by atoms with Gasteiger partial charge in [-0.3, -0.25) is 9.58 Å². The van der Waals surface area contributed by atoms with Gasteiger partial charge in [0.05, 0.1) is 17.9 Å². The predicted molar refractivity (Wildman–Crippen MR) is 81.3 cm³/mol. The zero-order valence-corrected chi connectivity index (χ0v) is 12.9. The third-order valence-corrected chi connectivity index (χ3v) is 4.26. The molecule has 0 spiro atoms. The first-order valence-electron chi connectivity index (χ1n) is 7.65. The summed E-state index contributed by atoms with van der Waals surface area (Å²) in [6, 6.07) is 0.804. The fraction of sp³-hybridized carbons (Fsp3) is 0.429. The zero-order valence-electron chi connectivity index (χ0n) is 12.9. The average Bonchev–Trinajstić information content (AvgIpc) is 3.14. The number of carbonyl (C=O) groups is 1. The summed E-state index contributed by atoms with van der Waals surface area (Å²) >= 11 is 0. The van der Waals surface area contributed by atoms with Crippen molar-refractivity contribution in [1.82, 2.24) is 25.1 Å². The van der Waals surface area contributed by atoms with Crippen LogP contribution in [0.15, 0.2) is 24.8 Å². The molecule has 11 heteroatoms. The van der Waals surface area contributed by atoms with Gasteiger partial charge < -0.3 is 10.2 Å². The molecule has 2 aliphatic rings. The maximum atomic E-state index is 12.7. The van der Waals surface area contributed by atoms with E-state index in [1.807, 2.05) is 0 Å². The molecular formula is C14H14F3N7O. The smallest absolute Gasteiger partial charge is 0.352 e. The van der Waals surface area contributed by atoms with Crippen molar-refractivity contribution in [2.45, 2.75) is 12.2 Å². The van der Waals surface area contributed by atoms with Gasteiger partial charge in [0.15, 0.2) is 0 Å². The molecule has 0 radical (unpaired) electrons. The fourth-order valence-electron chi connectivity index (χ4n) is 2.87. The third-order valence-electron chi connectivity index (χ3n) is 4.26. The molecular weight excluding hydrogens is 339 g/mol. The van der Waals surface area contributed by atoms with Gasteiger partial charge >= 0.3 is 12.2 Å². The Balaban J connectivity index is 1.43. The lowest BCUT2D eigenvalue weighted by atomic mass is 10.1. The van der Waals surface area contributed by atoms with Crippen molar-refractivity contribution in [3.8, 4) is 0 Å². The van der Waals surface area contributed by atoms with Crippen molar-refractivity contribution in [2.75, 3.05) is 36.0 Å². The van der Waals surface area contributed by atoms with Gasteiger partial charge in [0.1, 0.15) is 17.8 Å². The van der Waals surface area contributed by atoms with E-state index in [-0.39, 0.29) is 17.9 Å². The molecule has 0 aliphatic carbocycles. The Labute approximate surface area is 140 Å². The Morgan fingerprint density at radius 3 is 2.72 bits per heavy atom. The molecule has 0 aromatic carbocycles. The molecule has 2 aromatic heterocycles. The van der Waals surface area contributed by atoms with Gasteiger partial charge in [-0.15, -0.1) is 0 Å². The van der Waals surface area contributed by atoms with Crippen molar-refractivity contribution >= 4 is 17.5 Å². The van der Waals surface area contributed by atoms with Gasteiger partial charge in [-0.1, -0.05) is 0 Å². The monoisotopic (exact) mass is 353 g/mol. The summed E-state index contributed by atoms with van der Waals surface area (Å²) in [4.78, 5) is 22.1. The van der Waals surface area contributed by atoms with Gasteiger partial charge in [0.25, 0.3) is 0 Å². The Bertz CT molecular complexity index is 800. The van der Waals surface area contributed by atoms with Crippen LogP contribution in [0.3, 0.4) is 0 Å². The Kier molecular flexibility index (Phi) is 3.51. The topological polar surface area (TPSA) is 79.2 Å². The maximum Gasteiger partial charge on any atom is 0.433 e. The minimum absolute atomic E-state index is 0.0173. The van der Waals surface area contributed by atoms with Crippen LogP contribution < -0.4 is 15.1 Å². The van der Waals surface area contributed by atoms with Crippen LogP contribution in [0.4, 0.5) is 29.5 Å². The Hall–Kier alpha value is -2.85. The first-order chi connectivity index (χ1) is 11.9. The second-order valence-electron chi connectivity index (χ2n) is 5.88. The second-order valence-corrected chi connectivity index (χ2v) is 5.88. The van der Waals surface area contributed by atoms with Gasteiger partial charge in [0, 0.05) is 38.4 Å². The molecule has 2 aromatic rings.